The summed E-state index contributed by atoms with van der Waals surface area (Å²) in [5, 5.41) is 10.8. The van der Waals surface area contributed by atoms with E-state index in [1.807, 2.05) is 7.05 Å². The van der Waals surface area contributed by atoms with Crippen molar-refractivity contribution in [1.82, 2.24) is 20.5 Å². The summed E-state index contributed by atoms with van der Waals surface area (Å²) in [6.07, 6.45) is 4.62. The van der Waals surface area contributed by atoms with Crippen molar-refractivity contribution in [2.24, 2.45) is 5.92 Å². The molecular formula is C14H25N5O. The number of nitrogens with zero attached hydrogens (tertiary/aromatic N) is 3. The largest absolute Gasteiger partial charge is 0.367 e. The fraction of sp³-hybridized carbons (Fsp3) is 0.857. The molecule has 0 aromatic carbocycles. The second-order valence-electron chi connectivity index (χ2n) is 6.18. The number of nitrogens with one attached hydrogen (secondary N) is 2. The SMILES string of the molecule is CNCC1CCCN(c2n[nH]c(C3(C)CCCO3)n2)C1. The van der Waals surface area contributed by atoms with Crippen LogP contribution in [0.4, 0.5) is 5.95 Å². The number of aromatic nitrogens is 3. The molecule has 1 aromatic heterocycles. The zero-order chi connectivity index (χ0) is 14.0. The fourth-order valence-corrected chi connectivity index (χ4v) is 3.30. The van der Waals surface area contributed by atoms with Gasteiger partial charge >= 0.3 is 0 Å². The van der Waals surface area contributed by atoms with Crippen molar-refractivity contribution in [3.63, 3.8) is 0 Å². The number of hydrogen-bond donors (Lipinski definition) is 2. The van der Waals surface area contributed by atoms with Crippen molar-refractivity contribution >= 4 is 5.95 Å². The molecule has 0 saturated carbocycles. The monoisotopic (exact) mass is 279 g/mol. The molecule has 2 atom stereocenters. The second kappa shape index (κ2) is 5.69. The minimum absolute atomic E-state index is 0.272. The van der Waals surface area contributed by atoms with Gasteiger partial charge < -0.3 is 15.0 Å². The third kappa shape index (κ3) is 2.67. The third-order valence-electron chi connectivity index (χ3n) is 4.49. The molecule has 6 heteroatoms. The molecule has 0 spiro atoms. The minimum Gasteiger partial charge on any atom is -0.367 e. The first-order chi connectivity index (χ1) is 9.71. The summed E-state index contributed by atoms with van der Waals surface area (Å²) in [7, 11) is 2.02. The highest BCUT2D eigenvalue weighted by molar-refractivity contribution is 5.30. The van der Waals surface area contributed by atoms with Crippen molar-refractivity contribution in [2.75, 3.05) is 38.2 Å². The first-order valence-electron chi connectivity index (χ1n) is 7.68. The normalized spacial score (nSPS) is 30.9. The van der Waals surface area contributed by atoms with Crippen molar-refractivity contribution < 1.29 is 4.74 Å². The van der Waals surface area contributed by atoms with Crippen molar-refractivity contribution in [2.45, 2.75) is 38.2 Å². The topological polar surface area (TPSA) is 66.1 Å². The highest BCUT2D eigenvalue weighted by atomic mass is 16.5. The molecule has 0 aliphatic carbocycles. The zero-order valence-electron chi connectivity index (χ0n) is 12.5. The van der Waals surface area contributed by atoms with Gasteiger partial charge in [0.15, 0.2) is 5.82 Å². The second-order valence-corrected chi connectivity index (χ2v) is 6.18. The lowest BCUT2D eigenvalue weighted by Gasteiger charge is -2.31. The maximum atomic E-state index is 5.82. The van der Waals surface area contributed by atoms with Crippen LogP contribution in [-0.2, 0) is 10.3 Å². The number of hydrogen-bond acceptors (Lipinski definition) is 5. The van der Waals surface area contributed by atoms with Gasteiger partial charge in [0, 0.05) is 19.7 Å². The molecule has 1 aromatic rings. The van der Waals surface area contributed by atoms with Crippen LogP contribution in [0.25, 0.3) is 0 Å². The van der Waals surface area contributed by atoms with Gasteiger partial charge in [0.1, 0.15) is 5.60 Å². The van der Waals surface area contributed by atoms with Gasteiger partial charge in [0.25, 0.3) is 0 Å². The average Bonchev–Trinajstić information content (AvgIpc) is 3.09. The quantitative estimate of drug-likeness (QED) is 0.869. The van der Waals surface area contributed by atoms with Gasteiger partial charge in [0.2, 0.25) is 5.95 Å². The summed E-state index contributed by atoms with van der Waals surface area (Å²) in [5.74, 6) is 2.40. The summed E-state index contributed by atoms with van der Waals surface area (Å²) in [6.45, 7) is 6.07. The van der Waals surface area contributed by atoms with Gasteiger partial charge in [-0.1, -0.05) is 0 Å². The number of rotatable bonds is 4. The number of ether oxygens (including phenoxy) is 1. The van der Waals surface area contributed by atoms with E-state index < -0.39 is 0 Å². The lowest BCUT2D eigenvalue weighted by molar-refractivity contribution is 0.00966. The Morgan fingerprint density at radius 1 is 1.50 bits per heavy atom. The highest BCUT2D eigenvalue weighted by Crippen LogP contribution is 2.34. The zero-order valence-corrected chi connectivity index (χ0v) is 12.5. The smallest absolute Gasteiger partial charge is 0.244 e. The molecule has 112 valence electrons. The van der Waals surface area contributed by atoms with Gasteiger partial charge in [-0.05, 0) is 52.1 Å². The maximum absolute atomic E-state index is 5.82. The summed E-state index contributed by atoms with van der Waals surface area (Å²) in [4.78, 5) is 6.99. The molecule has 2 aliphatic rings. The Morgan fingerprint density at radius 2 is 2.40 bits per heavy atom. The van der Waals surface area contributed by atoms with E-state index >= 15 is 0 Å². The number of H-pyrrole nitrogens is 1. The number of anilines is 1. The molecule has 3 heterocycles. The van der Waals surface area contributed by atoms with E-state index in [1.165, 1.54) is 12.8 Å². The standard InChI is InChI=1S/C14H25N5O/c1-14(6-4-8-20-14)12-16-13(18-17-12)19-7-3-5-11(10-19)9-15-2/h11,15H,3-10H2,1-2H3,(H,16,17,18). The molecule has 2 aliphatic heterocycles. The van der Waals surface area contributed by atoms with Crippen LogP contribution in [0.2, 0.25) is 0 Å². The average molecular weight is 279 g/mol. The van der Waals surface area contributed by atoms with Crippen LogP contribution in [0.1, 0.15) is 38.4 Å². The number of aromatic amines is 1. The van der Waals surface area contributed by atoms with Crippen LogP contribution in [0.3, 0.4) is 0 Å². The Bertz CT molecular complexity index is 439. The van der Waals surface area contributed by atoms with Crippen LogP contribution in [0, 0.1) is 5.92 Å². The van der Waals surface area contributed by atoms with E-state index in [0.29, 0.717) is 5.92 Å². The van der Waals surface area contributed by atoms with E-state index in [1.54, 1.807) is 0 Å². The van der Waals surface area contributed by atoms with E-state index in [4.69, 9.17) is 9.72 Å². The summed E-state index contributed by atoms with van der Waals surface area (Å²) in [6, 6.07) is 0. The Balaban J connectivity index is 1.70. The molecule has 6 nitrogen and oxygen atoms in total. The lowest BCUT2D eigenvalue weighted by atomic mass is 9.98. The predicted molar refractivity (Wildman–Crippen MR) is 77.8 cm³/mol. The summed E-state index contributed by atoms with van der Waals surface area (Å²) >= 11 is 0. The van der Waals surface area contributed by atoms with Crippen LogP contribution in [0.5, 0.6) is 0 Å². The van der Waals surface area contributed by atoms with Crippen molar-refractivity contribution in [3.8, 4) is 0 Å². The molecule has 2 saturated heterocycles. The molecule has 0 bridgehead atoms. The minimum atomic E-state index is -0.272. The Hall–Kier alpha value is -1.14. The van der Waals surface area contributed by atoms with Gasteiger partial charge in [0.05, 0.1) is 0 Å². The molecule has 2 N–H and O–H groups in total. The predicted octanol–water partition coefficient (Wildman–Crippen LogP) is 1.27. The van der Waals surface area contributed by atoms with Gasteiger partial charge in [-0.3, -0.25) is 5.10 Å². The number of piperidine rings is 1. The third-order valence-corrected chi connectivity index (χ3v) is 4.49. The fourth-order valence-electron chi connectivity index (χ4n) is 3.30. The molecular weight excluding hydrogens is 254 g/mol. The summed E-state index contributed by atoms with van der Waals surface area (Å²) in [5.41, 5.74) is -0.272. The molecule has 2 unspecified atom stereocenters. The van der Waals surface area contributed by atoms with E-state index in [9.17, 15) is 0 Å². The Morgan fingerprint density at radius 3 is 3.15 bits per heavy atom. The summed E-state index contributed by atoms with van der Waals surface area (Å²) < 4.78 is 5.82. The van der Waals surface area contributed by atoms with E-state index in [-0.39, 0.29) is 5.60 Å². The van der Waals surface area contributed by atoms with Crippen LogP contribution >= 0.6 is 0 Å². The van der Waals surface area contributed by atoms with E-state index in [0.717, 1.165) is 50.9 Å². The highest BCUT2D eigenvalue weighted by Gasteiger charge is 2.36. The molecule has 0 amide bonds. The first kappa shape index (κ1) is 13.8. The van der Waals surface area contributed by atoms with Crippen LogP contribution in [0.15, 0.2) is 0 Å². The Labute approximate surface area is 120 Å². The lowest BCUT2D eigenvalue weighted by Crippen LogP contribution is -2.39. The van der Waals surface area contributed by atoms with E-state index in [2.05, 4.69) is 27.3 Å². The molecule has 3 rings (SSSR count). The van der Waals surface area contributed by atoms with Gasteiger partial charge in [-0.25, -0.2) is 0 Å². The molecule has 0 radical (unpaired) electrons. The molecule has 2 fully saturated rings. The van der Waals surface area contributed by atoms with Crippen LogP contribution < -0.4 is 10.2 Å². The Kier molecular flexibility index (Phi) is 3.94. The molecule has 20 heavy (non-hydrogen) atoms. The van der Waals surface area contributed by atoms with Crippen LogP contribution in [-0.4, -0.2) is 48.5 Å². The van der Waals surface area contributed by atoms with Crippen molar-refractivity contribution in [1.29, 1.82) is 0 Å². The van der Waals surface area contributed by atoms with Crippen molar-refractivity contribution in [3.05, 3.63) is 5.82 Å². The first-order valence-corrected chi connectivity index (χ1v) is 7.68. The maximum Gasteiger partial charge on any atom is 0.244 e. The van der Waals surface area contributed by atoms with Gasteiger partial charge in [-0.2, -0.15) is 4.98 Å². The van der Waals surface area contributed by atoms with Gasteiger partial charge in [-0.15, -0.1) is 5.10 Å².